The van der Waals surface area contributed by atoms with E-state index in [-0.39, 0.29) is 30.4 Å². The van der Waals surface area contributed by atoms with E-state index in [1.807, 2.05) is 49.6 Å². The molecule has 1 aromatic carbocycles. The van der Waals surface area contributed by atoms with Gasteiger partial charge >= 0.3 is 0 Å². The van der Waals surface area contributed by atoms with Crippen molar-refractivity contribution in [1.29, 1.82) is 0 Å². The van der Waals surface area contributed by atoms with Crippen LogP contribution in [0.4, 0.5) is 0 Å². The molecule has 6 nitrogen and oxygen atoms in total. The van der Waals surface area contributed by atoms with Crippen molar-refractivity contribution in [3.63, 3.8) is 0 Å². The largest absolute Gasteiger partial charge is 0.352 e. The zero-order chi connectivity index (χ0) is 17.0. The minimum absolute atomic E-state index is 0.0567. The van der Waals surface area contributed by atoms with E-state index in [2.05, 4.69) is 15.6 Å². The predicted molar refractivity (Wildman–Crippen MR) is 89.9 cm³/mol. The van der Waals surface area contributed by atoms with Crippen LogP contribution in [-0.4, -0.2) is 27.4 Å². The topological polar surface area (TPSA) is 76.0 Å². The summed E-state index contributed by atoms with van der Waals surface area (Å²) in [6, 6.07) is 7.53. The third-order valence-corrected chi connectivity index (χ3v) is 3.81. The second-order valence-electron chi connectivity index (χ2n) is 5.84. The molecule has 0 spiro atoms. The summed E-state index contributed by atoms with van der Waals surface area (Å²) in [6.45, 7) is 7.53. The molecule has 6 heteroatoms. The Labute approximate surface area is 136 Å². The molecule has 0 aliphatic carbocycles. The lowest BCUT2D eigenvalue weighted by Crippen LogP contribution is -2.35. The van der Waals surface area contributed by atoms with Gasteiger partial charge in [-0.25, -0.2) is 4.98 Å². The number of imidazole rings is 1. The maximum Gasteiger partial charge on any atom is 0.240 e. The number of fused-ring (bicyclic) bond motifs is 1. The second kappa shape index (κ2) is 7.26. The molecule has 124 valence electrons. The number of hydrogen-bond acceptors (Lipinski definition) is 3. The highest BCUT2D eigenvalue weighted by Crippen LogP contribution is 2.20. The van der Waals surface area contributed by atoms with Crippen molar-refractivity contribution in [3.8, 4) is 0 Å². The van der Waals surface area contributed by atoms with Crippen LogP contribution in [0.5, 0.6) is 0 Å². The molecule has 0 saturated carbocycles. The van der Waals surface area contributed by atoms with Crippen molar-refractivity contribution in [2.75, 3.05) is 0 Å². The van der Waals surface area contributed by atoms with Crippen LogP contribution in [0.3, 0.4) is 0 Å². The van der Waals surface area contributed by atoms with Crippen molar-refractivity contribution in [2.45, 2.75) is 52.7 Å². The highest BCUT2D eigenvalue weighted by Gasteiger charge is 2.19. The number of nitrogens with one attached hydrogen (secondary N) is 2. The smallest absolute Gasteiger partial charge is 0.240 e. The minimum atomic E-state index is -0.267. The van der Waals surface area contributed by atoms with Gasteiger partial charge in [-0.2, -0.15) is 0 Å². The lowest BCUT2D eigenvalue weighted by Gasteiger charge is -2.17. The molecule has 2 unspecified atom stereocenters. The first-order valence-corrected chi connectivity index (χ1v) is 7.94. The van der Waals surface area contributed by atoms with Gasteiger partial charge in [0.1, 0.15) is 12.4 Å². The molecule has 0 aliphatic rings. The fraction of sp³-hybridized carbons (Fsp3) is 0.471. The molecule has 1 heterocycles. The first-order valence-electron chi connectivity index (χ1n) is 7.94. The summed E-state index contributed by atoms with van der Waals surface area (Å²) in [4.78, 5) is 28.2. The van der Waals surface area contributed by atoms with Crippen molar-refractivity contribution in [1.82, 2.24) is 20.2 Å². The standard InChI is InChI=1S/C17H24N4O2/c1-5-11(2)18-16(23)10-21-15-9-7-6-8-14(15)20-17(21)12(3)19-13(4)22/h6-9,11-12H,5,10H2,1-4H3,(H,18,23)(H,19,22). The number of hydrogen-bond donors (Lipinski definition) is 2. The molecule has 0 bridgehead atoms. The minimum Gasteiger partial charge on any atom is -0.352 e. The number of carbonyl (C=O) groups is 2. The van der Waals surface area contributed by atoms with Crippen LogP contribution < -0.4 is 10.6 Å². The molecule has 1 aromatic heterocycles. The van der Waals surface area contributed by atoms with Gasteiger partial charge in [-0.1, -0.05) is 19.1 Å². The Balaban J connectivity index is 2.35. The van der Waals surface area contributed by atoms with Crippen LogP contribution in [0.1, 0.15) is 46.0 Å². The molecule has 0 radical (unpaired) electrons. The third-order valence-electron chi connectivity index (χ3n) is 3.81. The van der Waals surface area contributed by atoms with Crippen LogP contribution in [0.25, 0.3) is 11.0 Å². The molecule has 2 amide bonds. The van der Waals surface area contributed by atoms with E-state index in [0.717, 1.165) is 17.5 Å². The summed E-state index contributed by atoms with van der Waals surface area (Å²) in [5.74, 6) is 0.500. The summed E-state index contributed by atoms with van der Waals surface area (Å²) >= 11 is 0. The number of carbonyl (C=O) groups excluding carboxylic acids is 2. The highest BCUT2D eigenvalue weighted by molar-refractivity contribution is 5.81. The van der Waals surface area contributed by atoms with Gasteiger partial charge in [0.15, 0.2) is 0 Å². The summed E-state index contributed by atoms with van der Waals surface area (Å²) < 4.78 is 1.87. The first kappa shape index (κ1) is 17.0. The third kappa shape index (κ3) is 4.09. The van der Waals surface area contributed by atoms with Gasteiger partial charge in [0.05, 0.1) is 17.1 Å². The van der Waals surface area contributed by atoms with E-state index in [4.69, 9.17) is 0 Å². The van der Waals surface area contributed by atoms with E-state index in [0.29, 0.717) is 5.82 Å². The van der Waals surface area contributed by atoms with Gasteiger partial charge < -0.3 is 15.2 Å². The summed E-state index contributed by atoms with van der Waals surface area (Å²) in [7, 11) is 0. The monoisotopic (exact) mass is 316 g/mol. The molecular weight excluding hydrogens is 292 g/mol. The van der Waals surface area contributed by atoms with Crippen LogP contribution in [0, 0.1) is 0 Å². The molecular formula is C17H24N4O2. The Hall–Kier alpha value is -2.37. The SMILES string of the molecule is CCC(C)NC(=O)Cn1c(C(C)NC(C)=O)nc2ccccc21. The fourth-order valence-electron chi connectivity index (χ4n) is 2.53. The van der Waals surface area contributed by atoms with Gasteiger partial charge in [0, 0.05) is 13.0 Å². The average Bonchev–Trinajstić information content (AvgIpc) is 2.85. The van der Waals surface area contributed by atoms with Crippen LogP contribution in [-0.2, 0) is 16.1 Å². The first-order chi connectivity index (χ1) is 10.9. The number of aromatic nitrogens is 2. The van der Waals surface area contributed by atoms with Crippen molar-refractivity contribution in [2.24, 2.45) is 0 Å². The molecule has 2 aromatic rings. The number of para-hydroxylation sites is 2. The summed E-state index contributed by atoms with van der Waals surface area (Å²) in [5, 5.41) is 5.80. The molecule has 23 heavy (non-hydrogen) atoms. The summed E-state index contributed by atoms with van der Waals surface area (Å²) in [5.41, 5.74) is 1.70. The van der Waals surface area contributed by atoms with Gasteiger partial charge in [-0.05, 0) is 32.4 Å². The van der Waals surface area contributed by atoms with Crippen molar-refractivity contribution in [3.05, 3.63) is 30.1 Å². The number of rotatable bonds is 6. The van der Waals surface area contributed by atoms with Gasteiger partial charge in [-0.15, -0.1) is 0 Å². The maximum atomic E-state index is 12.3. The Morgan fingerprint density at radius 1 is 1.22 bits per heavy atom. The molecule has 2 rings (SSSR count). The van der Waals surface area contributed by atoms with E-state index in [1.54, 1.807) is 0 Å². The number of nitrogens with zero attached hydrogens (tertiary/aromatic N) is 2. The van der Waals surface area contributed by atoms with E-state index in [1.165, 1.54) is 6.92 Å². The Morgan fingerprint density at radius 3 is 2.57 bits per heavy atom. The summed E-state index contributed by atoms with van der Waals surface area (Å²) in [6.07, 6.45) is 0.881. The number of amides is 2. The molecule has 2 N–H and O–H groups in total. The Morgan fingerprint density at radius 2 is 1.91 bits per heavy atom. The normalized spacial score (nSPS) is 13.6. The van der Waals surface area contributed by atoms with E-state index in [9.17, 15) is 9.59 Å². The highest BCUT2D eigenvalue weighted by atomic mass is 16.2. The van der Waals surface area contributed by atoms with Gasteiger partial charge in [0.2, 0.25) is 11.8 Å². The quantitative estimate of drug-likeness (QED) is 0.857. The van der Waals surface area contributed by atoms with Crippen molar-refractivity contribution < 1.29 is 9.59 Å². The number of benzene rings is 1. The fourth-order valence-corrected chi connectivity index (χ4v) is 2.53. The van der Waals surface area contributed by atoms with E-state index < -0.39 is 0 Å². The molecule has 2 atom stereocenters. The molecule has 0 fully saturated rings. The predicted octanol–water partition coefficient (Wildman–Crippen LogP) is 2.15. The van der Waals surface area contributed by atoms with Crippen LogP contribution >= 0.6 is 0 Å². The zero-order valence-corrected chi connectivity index (χ0v) is 14.1. The van der Waals surface area contributed by atoms with E-state index >= 15 is 0 Å². The molecule has 0 saturated heterocycles. The zero-order valence-electron chi connectivity index (χ0n) is 14.1. The van der Waals surface area contributed by atoms with Gasteiger partial charge in [-0.3, -0.25) is 9.59 Å². The van der Waals surface area contributed by atoms with Crippen molar-refractivity contribution >= 4 is 22.8 Å². The van der Waals surface area contributed by atoms with Crippen LogP contribution in [0.2, 0.25) is 0 Å². The van der Waals surface area contributed by atoms with Crippen LogP contribution in [0.15, 0.2) is 24.3 Å². The lowest BCUT2D eigenvalue weighted by atomic mass is 10.2. The maximum absolute atomic E-state index is 12.3. The van der Waals surface area contributed by atoms with Gasteiger partial charge in [0.25, 0.3) is 0 Å². The Bertz CT molecular complexity index is 708. The second-order valence-corrected chi connectivity index (χ2v) is 5.84. The average molecular weight is 316 g/mol. The Kier molecular flexibility index (Phi) is 5.36. The lowest BCUT2D eigenvalue weighted by molar-refractivity contribution is -0.122. The molecule has 0 aliphatic heterocycles.